The molecule has 2 aliphatic carbocycles. The molecule has 0 spiro atoms. The van der Waals surface area contributed by atoms with Gasteiger partial charge in [0.1, 0.15) is 17.0 Å². The number of hydrogen-bond acceptors (Lipinski definition) is 6. The topological polar surface area (TPSA) is 121 Å². The molecular formula is C22H16F3NO6. The number of rotatable bonds is 2. The van der Waals surface area contributed by atoms with Gasteiger partial charge in [-0.15, -0.1) is 0 Å². The van der Waals surface area contributed by atoms with E-state index in [1.165, 1.54) is 24.3 Å². The monoisotopic (exact) mass is 447 g/mol. The summed E-state index contributed by atoms with van der Waals surface area (Å²) >= 11 is 0. The molecule has 2 aromatic rings. The number of amides is 1. The van der Waals surface area contributed by atoms with Crippen LogP contribution in [0.1, 0.15) is 56.3 Å². The average molecular weight is 447 g/mol. The van der Waals surface area contributed by atoms with Crippen LogP contribution in [0.2, 0.25) is 0 Å². The lowest BCUT2D eigenvalue weighted by atomic mass is 9.71. The molecule has 0 fully saturated rings. The molecule has 0 saturated heterocycles. The molecule has 0 aromatic heterocycles. The molecule has 1 atom stereocenters. The first kappa shape index (κ1) is 21.5. The summed E-state index contributed by atoms with van der Waals surface area (Å²) in [4.78, 5) is 49.8. The number of phenolic OH excluding ortho intramolecular Hbond substituents is 2. The highest BCUT2D eigenvalue weighted by Crippen LogP contribution is 2.47. The largest absolute Gasteiger partial charge is 0.507 e. The number of Topliss-reactive ketones (excluding diaryl/α,β-unsaturated/α-hetero) is 1. The van der Waals surface area contributed by atoms with Crippen LogP contribution >= 0.6 is 0 Å². The van der Waals surface area contributed by atoms with Gasteiger partial charge in [-0.25, -0.2) is 0 Å². The molecule has 2 aromatic carbocycles. The highest BCUT2D eigenvalue weighted by atomic mass is 19.4. The summed E-state index contributed by atoms with van der Waals surface area (Å²) < 4.78 is 38.5. The second-order valence-electron chi connectivity index (χ2n) is 7.88. The van der Waals surface area contributed by atoms with Crippen molar-refractivity contribution < 1.29 is 42.6 Å². The third-order valence-corrected chi connectivity index (χ3v) is 6.09. The zero-order chi connectivity index (χ0) is 23.6. The fraction of sp³-hybridized carbons (Fsp3) is 0.273. The highest BCUT2D eigenvalue weighted by molar-refractivity contribution is 6.30. The Bertz CT molecular complexity index is 1230. The molecule has 32 heavy (non-hydrogen) atoms. The van der Waals surface area contributed by atoms with Gasteiger partial charge < -0.3 is 15.5 Å². The van der Waals surface area contributed by atoms with E-state index in [2.05, 4.69) is 0 Å². The molecule has 1 unspecified atom stereocenters. The Morgan fingerprint density at radius 3 is 1.94 bits per heavy atom. The van der Waals surface area contributed by atoms with Gasteiger partial charge in [0.15, 0.2) is 17.3 Å². The van der Waals surface area contributed by atoms with E-state index in [0.29, 0.717) is 0 Å². The van der Waals surface area contributed by atoms with E-state index in [1.807, 2.05) is 0 Å². The fourth-order valence-electron chi connectivity index (χ4n) is 4.39. The Kier molecular flexibility index (Phi) is 4.65. The maximum absolute atomic E-state index is 13.0. The van der Waals surface area contributed by atoms with Crippen molar-refractivity contribution >= 4 is 23.3 Å². The lowest BCUT2D eigenvalue weighted by molar-refractivity contribution is -0.176. The van der Waals surface area contributed by atoms with Gasteiger partial charge in [-0.2, -0.15) is 13.2 Å². The summed E-state index contributed by atoms with van der Waals surface area (Å²) in [6.45, 7) is 1.00. The molecule has 0 bridgehead atoms. The molecule has 3 N–H and O–H groups in total. The summed E-state index contributed by atoms with van der Waals surface area (Å²) in [5, 5.41) is 23.4. The normalized spacial score (nSPS) is 19.6. The Labute approximate surface area is 178 Å². The maximum atomic E-state index is 13.0. The van der Waals surface area contributed by atoms with Gasteiger partial charge in [0.05, 0.1) is 11.1 Å². The van der Waals surface area contributed by atoms with E-state index < -0.39 is 58.5 Å². The quantitative estimate of drug-likeness (QED) is 0.519. The zero-order valence-electron chi connectivity index (χ0n) is 16.6. The van der Waals surface area contributed by atoms with Crippen LogP contribution in [-0.2, 0) is 22.4 Å². The molecule has 2 aliphatic rings. The molecule has 4 rings (SSSR count). The number of aromatic hydroxyl groups is 2. The summed E-state index contributed by atoms with van der Waals surface area (Å²) in [6, 6.07) is 5.83. The Morgan fingerprint density at radius 1 is 0.969 bits per heavy atom. The van der Waals surface area contributed by atoms with Crippen LogP contribution in [0.4, 0.5) is 13.2 Å². The second-order valence-corrected chi connectivity index (χ2v) is 7.88. The van der Waals surface area contributed by atoms with Crippen molar-refractivity contribution in [1.82, 2.24) is 5.32 Å². The van der Waals surface area contributed by atoms with Crippen LogP contribution in [0, 0.1) is 0 Å². The fourth-order valence-corrected chi connectivity index (χ4v) is 4.39. The molecule has 0 saturated carbocycles. The SMILES string of the molecule is CC(=O)C1(NC(=O)C(F)(F)F)CCc2c(O)c3c(c(O)c2C1)C(=O)c1ccccc1C3=O. The van der Waals surface area contributed by atoms with E-state index in [-0.39, 0.29) is 40.7 Å². The van der Waals surface area contributed by atoms with Gasteiger partial charge in [0, 0.05) is 28.7 Å². The maximum Gasteiger partial charge on any atom is 0.471 e. The van der Waals surface area contributed by atoms with Gasteiger partial charge in [-0.1, -0.05) is 24.3 Å². The molecular weight excluding hydrogens is 431 g/mol. The van der Waals surface area contributed by atoms with Gasteiger partial charge in [-0.3, -0.25) is 19.2 Å². The highest BCUT2D eigenvalue weighted by Gasteiger charge is 2.49. The van der Waals surface area contributed by atoms with E-state index in [1.54, 1.807) is 5.32 Å². The third kappa shape index (κ3) is 2.97. The lowest BCUT2D eigenvalue weighted by Crippen LogP contribution is -2.59. The summed E-state index contributed by atoms with van der Waals surface area (Å²) in [5.41, 5.74) is -2.95. The van der Waals surface area contributed by atoms with E-state index in [0.717, 1.165) is 6.92 Å². The first-order valence-electron chi connectivity index (χ1n) is 9.57. The number of carbonyl (C=O) groups is 4. The lowest BCUT2D eigenvalue weighted by Gasteiger charge is -2.38. The summed E-state index contributed by atoms with van der Waals surface area (Å²) in [5.74, 6) is -5.81. The predicted molar refractivity (Wildman–Crippen MR) is 103 cm³/mol. The summed E-state index contributed by atoms with van der Waals surface area (Å²) in [7, 11) is 0. The van der Waals surface area contributed by atoms with E-state index >= 15 is 0 Å². The van der Waals surface area contributed by atoms with Gasteiger partial charge in [0.2, 0.25) is 0 Å². The van der Waals surface area contributed by atoms with Crippen molar-refractivity contribution in [2.75, 3.05) is 0 Å². The smallest absolute Gasteiger partial charge is 0.471 e. The first-order chi connectivity index (χ1) is 14.9. The van der Waals surface area contributed by atoms with Gasteiger partial charge in [-0.05, 0) is 19.8 Å². The number of nitrogens with one attached hydrogen (secondary N) is 1. The minimum Gasteiger partial charge on any atom is -0.507 e. The zero-order valence-corrected chi connectivity index (χ0v) is 16.6. The number of benzene rings is 2. The third-order valence-electron chi connectivity index (χ3n) is 6.09. The standard InChI is InChI=1S/C22H16F3NO6/c1-9(27)21(26-20(32)22(23,24)25)7-6-12-13(8-21)19(31)15-14(18(12)30)16(28)10-4-2-3-5-11(10)17(15)29/h2-5,30-31H,6-8H2,1H3,(H,26,32). The molecule has 0 heterocycles. The number of ketones is 3. The number of carbonyl (C=O) groups excluding carboxylic acids is 4. The Morgan fingerprint density at radius 2 is 1.47 bits per heavy atom. The van der Waals surface area contributed by atoms with E-state index in [4.69, 9.17) is 0 Å². The molecule has 10 heteroatoms. The van der Waals surface area contributed by atoms with Crippen LogP contribution in [0.3, 0.4) is 0 Å². The van der Waals surface area contributed by atoms with Crippen LogP contribution in [-0.4, -0.2) is 45.2 Å². The summed E-state index contributed by atoms with van der Waals surface area (Å²) in [6.07, 6.45) is -6.35. The van der Waals surface area contributed by atoms with Crippen molar-refractivity contribution in [2.24, 2.45) is 0 Å². The van der Waals surface area contributed by atoms with Gasteiger partial charge >= 0.3 is 12.1 Å². The number of hydrogen-bond donors (Lipinski definition) is 3. The Balaban J connectivity index is 1.88. The van der Waals surface area contributed by atoms with Crippen molar-refractivity contribution in [3.8, 4) is 11.5 Å². The molecule has 1 amide bonds. The molecule has 7 nitrogen and oxygen atoms in total. The van der Waals surface area contributed by atoms with E-state index in [9.17, 15) is 42.6 Å². The van der Waals surface area contributed by atoms with Crippen molar-refractivity contribution in [3.63, 3.8) is 0 Å². The van der Waals surface area contributed by atoms with Crippen molar-refractivity contribution in [3.05, 3.63) is 57.6 Å². The van der Waals surface area contributed by atoms with Crippen molar-refractivity contribution in [1.29, 1.82) is 0 Å². The first-order valence-corrected chi connectivity index (χ1v) is 9.57. The van der Waals surface area contributed by atoms with Gasteiger partial charge in [0.25, 0.3) is 0 Å². The Hall–Kier alpha value is -3.69. The van der Waals surface area contributed by atoms with Crippen LogP contribution < -0.4 is 5.32 Å². The number of phenols is 2. The number of alkyl halides is 3. The van der Waals surface area contributed by atoms with Crippen LogP contribution in [0.15, 0.2) is 24.3 Å². The average Bonchev–Trinajstić information content (AvgIpc) is 2.73. The number of fused-ring (bicyclic) bond motifs is 3. The molecule has 0 aliphatic heterocycles. The number of halogens is 3. The second kappa shape index (κ2) is 6.91. The predicted octanol–water partition coefficient (Wildman–Crippen LogP) is 2.37. The van der Waals surface area contributed by atoms with Crippen LogP contribution in [0.25, 0.3) is 0 Å². The van der Waals surface area contributed by atoms with Crippen LogP contribution in [0.5, 0.6) is 11.5 Å². The van der Waals surface area contributed by atoms with Crippen molar-refractivity contribution in [2.45, 2.75) is 37.9 Å². The molecule has 166 valence electrons. The molecule has 0 radical (unpaired) electrons. The minimum absolute atomic E-state index is 0.00124. The minimum atomic E-state index is -5.24.